The molecule has 0 spiro atoms. The molecule has 7 heteroatoms. The van der Waals surface area contributed by atoms with Gasteiger partial charge in [-0.3, -0.25) is 9.20 Å². The second-order valence-electron chi connectivity index (χ2n) is 8.18. The van der Waals surface area contributed by atoms with Crippen LogP contribution in [0, 0.1) is 11.8 Å². The first kappa shape index (κ1) is 21.5. The maximum Gasteiger partial charge on any atom is 0.299 e. The average Bonchev–Trinajstić information content (AvgIpc) is 3.50. The fourth-order valence-corrected chi connectivity index (χ4v) is 4.43. The lowest BCUT2D eigenvalue weighted by molar-refractivity contribution is -0.126. The van der Waals surface area contributed by atoms with Crippen LogP contribution in [0.4, 0.5) is 5.82 Å². The summed E-state index contributed by atoms with van der Waals surface area (Å²) in [6, 6.07) is 17.7. The van der Waals surface area contributed by atoms with E-state index < -0.39 is 0 Å². The van der Waals surface area contributed by atoms with Gasteiger partial charge in [-0.15, -0.1) is 0 Å². The number of carbonyl (C=O) groups is 1. The summed E-state index contributed by atoms with van der Waals surface area (Å²) in [5.41, 5.74) is 9.77. The molecule has 0 saturated carbocycles. The van der Waals surface area contributed by atoms with Gasteiger partial charge in [-0.05, 0) is 55.5 Å². The molecule has 2 N–H and O–H groups in total. The number of imidazole rings is 1. The molecule has 2 aromatic carbocycles. The Morgan fingerprint density at radius 3 is 2.74 bits per heavy atom. The summed E-state index contributed by atoms with van der Waals surface area (Å²) in [6.07, 6.45) is 5.23. The highest BCUT2D eigenvalue weighted by molar-refractivity contribution is 5.94. The second kappa shape index (κ2) is 9.28. The van der Waals surface area contributed by atoms with Gasteiger partial charge < -0.3 is 15.4 Å². The van der Waals surface area contributed by atoms with Gasteiger partial charge >= 0.3 is 0 Å². The van der Waals surface area contributed by atoms with E-state index in [1.165, 1.54) is 0 Å². The summed E-state index contributed by atoms with van der Waals surface area (Å²) in [6.45, 7) is 2.84. The Balaban J connectivity index is 1.48. The highest BCUT2D eigenvalue weighted by atomic mass is 16.5. The quantitative estimate of drug-likeness (QED) is 0.459. The van der Waals surface area contributed by atoms with E-state index >= 15 is 0 Å². The zero-order valence-corrected chi connectivity index (χ0v) is 18.9. The van der Waals surface area contributed by atoms with Crippen LogP contribution in [0.2, 0.25) is 0 Å². The first-order chi connectivity index (χ1) is 16.7. The number of amides is 1. The van der Waals surface area contributed by atoms with Crippen LogP contribution in [0.3, 0.4) is 0 Å². The summed E-state index contributed by atoms with van der Waals surface area (Å²) in [4.78, 5) is 23.6. The predicted octanol–water partition coefficient (Wildman–Crippen LogP) is 4.24. The van der Waals surface area contributed by atoms with Crippen LogP contribution in [0.25, 0.3) is 16.8 Å². The summed E-state index contributed by atoms with van der Waals surface area (Å²) >= 11 is 0. The topological polar surface area (TPSA) is 85.8 Å². The molecule has 3 heterocycles. The number of fused-ring (bicyclic) bond motifs is 1. The molecule has 1 atom stereocenters. The van der Waals surface area contributed by atoms with Crippen molar-refractivity contribution >= 4 is 17.2 Å². The number of carbonyl (C=O) groups excluding carboxylic acids is 1. The van der Waals surface area contributed by atoms with Gasteiger partial charge in [0.2, 0.25) is 0 Å². The van der Waals surface area contributed by atoms with Crippen LogP contribution in [-0.4, -0.2) is 31.7 Å². The van der Waals surface area contributed by atoms with E-state index in [-0.39, 0.29) is 11.9 Å². The van der Waals surface area contributed by atoms with Gasteiger partial charge in [0.05, 0.1) is 6.04 Å². The average molecular weight is 452 g/mol. The molecule has 1 aliphatic heterocycles. The lowest BCUT2D eigenvalue weighted by Gasteiger charge is -2.21. The van der Waals surface area contributed by atoms with Crippen molar-refractivity contribution in [3.05, 3.63) is 78.4 Å². The molecule has 1 amide bonds. The van der Waals surface area contributed by atoms with E-state index in [4.69, 9.17) is 15.5 Å². The maximum absolute atomic E-state index is 12.6. The van der Waals surface area contributed by atoms with Crippen LogP contribution >= 0.6 is 0 Å². The fourth-order valence-electron chi connectivity index (χ4n) is 4.43. The van der Waals surface area contributed by atoms with Gasteiger partial charge in [0.25, 0.3) is 5.91 Å². The SMILES string of the molecule is CC#CC(=O)N1CCCC1c1nc(-c2ccc(OCc3ccccc3)cc2)c2c(N)nccn12. The zero-order valence-electron chi connectivity index (χ0n) is 18.9. The van der Waals surface area contributed by atoms with E-state index in [1.54, 1.807) is 18.0 Å². The maximum atomic E-state index is 12.6. The van der Waals surface area contributed by atoms with E-state index in [9.17, 15) is 4.79 Å². The Labute approximate surface area is 198 Å². The lowest BCUT2D eigenvalue weighted by Crippen LogP contribution is -2.30. The zero-order chi connectivity index (χ0) is 23.5. The third kappa shape index (κ3) is 4.06. The lowest BCUT2D eigenvalue weighted by atomic mass is 10.1. The van der Waals surface area contributed by atoms with Gasteiger partial charge in [-0.2, -0.15) is 0 Å². The van der Waals surface area contributed by atoms with Crippen LogP contribution in [0.5, 0.6) is 5.75 Å². The van der Waals surface area contributed by atoms with Gasteiger partial charge in [0, 0.05) is 24.5 Å². The molecule has 5 rings (SSSR count). The minimum absolute atomic E-state index is 0.162. The van der Waals surface area contributed by atoms with Crippen LogP contribution in [0.1, 0.15) is 37.2 Å². The molecular weight excluding hydrogens is 426 g/mol. The first-order valence-corrected chi connectivity index (χ1v) is 11.3. The molecule has 4 aromatic rings. The Kier molecular flexibility index (Phi) is 5.88. The number of nitrogen functional groups attached to an aromatic ring is 1. The number of nitrogens with two attached hydrogens (primary N) is 1. The number of rotatable bonds is 5. The summed E-state index contributed by atoms with van der Waals surface area (Å²) in [7, 11) is 0. The molecule has 1 fully saturated rings. The van der Waals surface area contributed by atoms with Crippen molar-refractivity contribution in [1.29, 1.82) is 0 Å². The number of aromatic nitrogens is 3. The van der Waals surface area contributed by atoms with Crippen LogP contribution in [0.15, 0.2) is 67.0 Å². The van der Waals surface area contributed by atoms with E-state index in [2.05, 4.69) is 16.8 Å². The molecule has 7 nitrogen and oxygen atoms in total. The Hall–Kier alpha value is -4.31. The van der Waals surface area contributed by atoms with Crippen molar-refractivity contribution in [3.8, 4) is 28.8 Å². The number of benzene rings is 2. The number of hydrogen-bond acceptors (Lipinski definition) is 5. The van der Waals surface area contributed by atoms with Gasteiger partial charge in [-0.1, -0.05) is 36.3 Å². The number of likely N-dealkylation sites (tertiary alicyclic amines) is 1. The molecule has 0 radical (unpaired) electrons. The minimum atomic E-state index is -0.176. The predicted molar refractivity (Wildman–Crippen MR) is 131 cm³/mol. The van der Waals surface area contributed by atoms with E-state index in [1.807, 2.05) is 65.2 Å². The third-order valence-corrected chi connectivity index (χ3v) is 6.03. The van der Waals surface area contributed by atoms with Gasteiger partial charge in [0.15, 0.2) is 0 Å². The molecule has 2 aromatic heterocycles. The van der Waals surface area contributed by atoms with Crippen molar-refractivity contribution in [2.75, 3.05) is 12.3 Å². The molecule has 1 saturated heterocycles. The van der Waals surface area contributed by atoms with Crippen molar-refractivity contribution in [1.82, 2.24) is 19.3 Å². The smallest absolute Gasteiger partial charge is 0.299 e. The Morgan fingerprint density at radius 2 is 1.97 bits per heavy atom. The summed E-state index contributed by atoms with van der Waals surface area (Å²) in [5.74, 6) is 7.13. The standard InChI is InChI=1S/C27H25N5O2/c1-2-7-23(33)31-16-6-10-22(31)27-30-24(25-26(28)29-15-17-32(25)27)20-11-13-21(14-12-20)34-18-19-8-4-3-5-9-19/h3-5,8-9,11-15,17,22H,6,10,16,18H2,1H3,(H2,28,29). The van der Waals surface area contributed by atoms with Crippen molar-refractivity contribution < 1.29 is 9.53 Å². The molecule has 0 aliphatic carbocycles. The molecule has 1 unspecified atom stereocenters. The van der Waals surface area contributed by atoms with Gasteiger partial charge in [-0.25, -0.2) is 9.97 Å². The Bertz CT molecular complexity index is 1380. The van der Waals surface area contributed by atoms with Crippen molar-refractivity contribution in [2.45, 2.75) is 32.4 Å². The first-order valence-electron chi connectivity index (χ1n) is 11.3. The van der Waals surface area contributed by atoms with Crippen LogP contribution in [-0.2, 0) is 11.4 Å². The molecule has 34 heavy (non-hydrogen) atoms. The second-order valence-corrected chi connectivity index (χ2v) is 8.18. The number of nitrogens with zero attached hydrogens (tertiary/aromatic N) is 4. The van der Waals surface area contributed by atoms with E-state index in [0.29, 0.717) is 19.0 Å². The normalized spacial score (nSPS) is 15.2. The molecular formula is C27H25N5O2. The summed E-state index contributed by atoms with van der Waals surface area (Å²) in [5, 5.41) is 0. The Morgan fingerprint density at radius 1 is 1.18 bits per heavy atom. The fraction of sp³-hybridized carbons (Fsp3) is 0.222. The van der Waals surface area contributed by atoms with Crippen molar-refractivity contribution in [3.63, 3.8) is 0 Å². The third-order valence-electron chi connectivity index (χ3n) is 6.03. The van der Waals surface area contributed by atoms with Gasteiger partial charge in [0.1, 0.15) is 35.2 Å². The number of anilines is 1. The highest BCUT2D eigenvalue weighted by Gasteiger charge is 2.33. The molecule has 0 bridgehead atoms. The van der Waals surface area contributed by atoms with E-state index in [0.717, 1.165) is 46.8 Å². The van der Waals surface area contributed by atoms with Crippen LogP contribution < -0.4 is 10.5 Å². The number of hydrogen-bond donors (Lipinski definition) is 1. The largest absolute Gasteiger partial charge is 0.489 e. The highest BCUT2D eigenvalue weighted by Crippen LogP contribution is 2.36. The number of ether oxygens (including phenoxy) is 1. The molecule has 1 aliphatic rings. The van der Waals surface area contributed by atoms with Crippen molar-refractivity contribution in [2.24, 2.45) is 0 Å². The monoisotopic (exact) mass is 451 g/mol. The molecule has 170 valence electrons. The summed E-state index contributed by atoms with van der Waals surface area (Å²) < 4.78 is 7.88. The minimum Gasteiger partial charge on any atom is -0.489 e.